The molecule has 0 radical (unpaired) electrons. The molecule has 0 atom stereocenters. The normalized spacial score (nSPS) is 15.1. The third kappa shape index (κ3) is 2.85. The summed E-state index contributed by atoms with van der Waals surface area (Å²) in [6, 6.07) is 0.650. The number of nitrogens with zero attached hydrogens (tertiary/aromatic N) is 3. The molecule has 0 spiro atoms. The Labute approximate surface area is 102 Å². The van der Waals surface area contributed by atoms with Crippen LogP contribution in [0.4, 0.5) is 11.8 Å². The fourth-order valence-electron chi connectivity index (χ4n) is 1.98. The van der Waals surface area contributed by atoms with Crippen LogP contribution in [0.5, 0.6) is 0 Å². The van der Waals surface area contributed by atoms with Crippen LogP contribution in [0.2, 0.25) is 0 Å². The van der Waals surface area contributed by atoms with Crippen LogP contribution in [0.15, 0.2) is 6.20 Å². The number of anilines is 2. The van der Waals surface area contributed by atoms with Crippen LogP contribution in [0.3, 0.4) is 0 Å². The van der Waals surface area contributed by atoms with E-state index in [1.807, 2.05) is 13.1 Å². The Hall–Kier alpha value is -1.36. The summed E-state index contributed by atoms with van der Waals surface area (Å²) in [4.78, 5) is 11.0. The van der Waals surface area contributed by atoms with Crippen molar-refractivity contribution in [3.05, 3.63) is 11.8 Å². The molecule has 5 nitrogen and oxygen atoms in total. The highest BCUT2D eigenvalue weighted by molar-refractivity contribution is 5.50. The molecule has 5 heteroatoms. The highest BCUT2D eigenvalue weighted by atomic mass is 15.3. The van der Waals surface area contributed by atoms with Crippen molar-refractivity contribution in [2.24, 2.45) is 11.8 Å². The first kappa shape index (κ1) is 12.1. The zero-order valence-corrected chi connectivity index (χ0v) is 10.8. The molecule has 1 aromatic rings. The van der Waals surface area contributed by atoms with Gasteiger partial charge in [0.1, 0.15) is 5.82 Å². The summed E-state index contributed by atoms with van der Waals surface area (Å²) in [5, 5.41) is 0. The zero-order chi connectivity index (χ0) is 12.4. The second-order valence-corrected chi connectivity index (χ2v) is 5.12. The summed E-state index contributed by atoms with van der Waals surface area (Å²) in [5.74, 6) is 7.50. The maximum Gasteiger partial charge on any atom is 0.239 e. The van der Waals surface area contributed by atoms with Crippen molar-refractivity contribution in [3.63, 3.8) is 0 Å². The first-order valence-electron chi connectivity index (χ1n) is 6.18. The molecular formula is C12H21N5. The molecule has 1 fully saturated rings. The van der Waals surface area contributed by atoms with E-state index in [9.17, 15) is 0 Å². The number of nitrogens with two attached hydrogens (primary N) is 1. The molecular weight excluding hydrogens is 214 g/mol. The Morgan fingerprint density at radius 2 is 2.24 bits per heavy atom. The molecule has 3 N–H and O–H groups in total. The second-order valence-electron chi connectivity index (χ2n) is 5.12. The minimum atomic E-state index is 0.486. The van der Waals surface area contributed by atoms with E-state index in [2.05, 4.69) is 34.1 Å². The molecule has 0 amide bonds. The van der Waals surface area contributed by atoms with Gasteiger partial charge in [-0.1, -0.05) is 13.8 Å². The van der Waals surface area contributed by atoms with E-state index in [4.69, 9.17) is 5.84 Å². The topological polar surface area (TPSA) is 67.1 Å². The Balaban J connectivity index is 2.27. The Morgan fingerprint density at radius 3 is 2.76 bits per heavy atom. The van der Waals surface area contributed by atoms with Crippen molar-refractivity contribution in [2.45, 2.75) is 39.7 Å². The van der Waals surface area contributed by atoms with Crippen LogP contribution in [0, 0.1) is 12.8 Å². The lowest BCUT2D eigenvalue weighted by molar-refractivity contribution is 0.601. The van der Waals surface area contributed by atoms with Crippen molar-refractivity contribution in [2.75, 3.05) is 16.9 Å². The van der Waals surface area contributed by atoms with Gasteiger partial charge in [0.05, 0.1) is 0 Å². The largest absolute Gasteiger partial charge is 0.353 e. The fraction of sp³-hybridized carbons (Fsp3) is 0.667. The average Bonchev–Trinajstić information content (AvgIpc) is 3.10. The number of hydrogen-bond donors (Lipinski definition) is 2. The Morgan fingerprint density at radius 1 is 1.53 bits per heavy atom. The lowest BCUT2D eigenvalue weighted by atomic mass is 10.2. The number of nitrogens with one attached hydrogen (secondary N) is 1. The van der Waals surface area contributed by atoms with Crippen molar-refractivity contribution in [1.29, 1.82) is 0 Å². The molecule has 1 aromatic heterocycles. The molecule has 0 aromatic carbocycles. The standard InChI is InChI=1S/C12H21N5/c1-8(2)7-17(10-4-5-10)11-9(3)6-14-12(15-11)16-13/h6,8,10H,4-5,7,13H2,1-3H3,(H,14,15,16). The maximum atomic E-state index is 5.37. The Kier molecular flexibility index (Phi) is 3.47. The van der Waals surface area contributed by atoms with Gasteiger partial charge < -0.3 is 4.90 Å². The number of hydrazine groups is 1. The van der Waals surface area contributed by atoms with Crippen molar-refractivity contribution in [3.8, 4) is 0 Å². The Bertz CT molecular complexity index is 386. The van der Waals surface area contributed by atoms with E-state index < -0.39 is 0 Å². The van der Waals surface area contributed by atoms with Crippen LogP contribution in [0.1, 0.15) is 32.3 Å². The van der Waals surface area contributed by atoms with Gasteiger partial charge in [-0.05, 0) is 25.7 Å². The summed E-state index contributed by atoms with van der Waals surface area (Å²) < 4.78 is 0. The second kappa shape index (κ2) is 4.87. The van der Waals surface area contributed by atoms with E-state index in [0.717, 1.165) is 17.9 Å². The third-order valence-electron chi connectivity index (χ3n) is 2.90. The van der Waals surface area contributed by atoms with Crippen molar-refractivity contribution in [1.82, 2.24) is 9.97 Å². The maximum absolute atomic E-state index is 5.37. The fourth-order valence-corrected chi connectivity index (χ4v) is 1.98. The number of nitrogen functional groups attached to an aromatic ring is 1. The summed E-state index contributed by atoms with van der Waals surface area (Å²) >= 11 is 0. The van der Waals surface area contributed by atoms with E-state index in [0.29, 0.717) is 17.9 Å². The van der Waals surface area contributed by atoms with Gasteiger partial charge in [0.2, 0.25) is 5.95 Å². The summed E-state index contributed by atoms with van der Waals surface area (Å²) in [6.45, 7) is 7.54. The van der Waals surface area contributed by atoms with E-state index in [1.54, 1.807) is 0 Å². The molecule has 2 rings (SSSR count). The van der Waals surface area contributed by atoms with E-state index in [-0.39, 0.29) is 0 Å². The molecule has 1 aliphatic rings. The molecule has 0 aliphatic heterocycles. The highest BCUT2D eigenvalue weighted by Gasteiger charge is 2.31. The first-order chi connectivity index (χ1) is 8.11. The number of hydrogen-bond acceptors (Lipinski definition) is 5. The smallest absolute Gasteiger partial charge is 0.239 e. The zero-order valence-electron chi connectivity index (χ0n) is 10.8. The van der Waals surface area contributed by atoms with Crippen molar-refractivity contribution >= 4 is 11.8 Å². The van der Waals surface area contributed by atoms with Crippen LogP contribution in [0.25, 0.3) is 0 Å². The monoisotopic (exact) mass is 235 g/mol. The van der Waals surface area contributed by atoms with Gasteiger partial charge in [0.25, 0.3) is 0 Å². The third-order valence-corrected chi connectivity index (χ3v) is 2.90. The SMILES string of the molecule is Cc1cnc(NN)nc1N(CC(C)C)C1CC1. The minimum Gasteiger partial charge on any atom is -0.353 e. The van der Waals surface area contributed by atoms with Crippen LogP contribution >= 0.6 is 0 Å². The summed E-state index contributed by atoms with van der Waals surface area (Å²) in [7, 11) is 0. The molecule has 0 saturated heterocycles. The van der Waals surface area contributed by atoms with Gasteiger partial charge in [-0.2, -0.15) is 4.98 Å². The minimum absolute atomic E-state index is 0.486. The average molecular weight is 235 g/mol. The van der Waals surface area contributed by atoms with Gasteiger partial charge in [-0.15, -0.1) is 0 Å². The van der Waals surface area contributed by atoms with Crippen molar-refractivity contribution < 1.29 is 0 Å². The quantitative estimate of drug-likeness (QED) is 0.600. The van der Waals surface area contributed by atoms with Gasteiger partial charge in [-0.25, -0.2) is 10.8 Å². The van der Waals surface area contributed by atoms with Crippen LogP contribution in [-0.2, 0) is 0 Å². The predicted molar refractivity (Wildman–Crippen MR) is 69.8 cm³/mol. The molecule has 94 valence electrons. The summed E-state index contributed by atoms with van der Waals surface area (Å²) in [5.41, 5.74) is 3.62. The van der Waals surface area contributed by atoms with Gasteiger partial charge in [0.15, 0.2) is 0 Å². The lowest BCUT2D eigenvalue weighted by Crippen LogP contribution is -2.31. The van der Waals surface area contributed by atoms with Crippen LogP contribution < -0.4 is 16.2 Å². The molecule has 0 bridgehead atoms. The molecule has 17 heavy (non-hydrogen) atoms. The predicted octanol–water partition coefficient (Wildman–Crippen LogP) is 1.70. The van der Waals surface area contributed by atoms with Gasteiger partial charge in [0, 0.05) is 24.3 Å². The summed E-state index contributed by atoms with van der Waals surface area (Å²) in [6.07, 6.45) is 4.36. The number of aryl methyl sites for hydroxylation is 1. The highest BCUT2D eigenvalue weighted by Crippen LogP contribution is 2.33. The van der Waals surface area contributed by atoms with E-state index >= 15 is 0 Å². The number of aromatic nitrogens is 2. The molecule has 0 unspecified atom stereocenters. The van der Waals surface area contributed by atoms with Gasteiger partial charge in [-0.3, -0.25) is 5.43 Å². The first-order valence-corrected chi connectivity index (χ1v) is 6.18. The van der Waals surface area contributed by atoms with Gasteiger partial charge >= 0.3 is 0 Å². The molecule has 1 saturated carbocycles. The van der Waals surface area contributed by atoms with E-state index in [1.165, 1.54) is 12.8 Å². The van der Waals surface area contributed by atoms with Crippen LogP contribution in [-0.4, -0.2) is 22.6 Å². The molecule has 1 aliphatic carbocycles. The molecule has 1 heterocycles. The lowest BCUT2D eigenvalue weighted by Gasteiger charge is -2.27. The number of rotatable bonds is 5.